The molecule has 1 aromatic carbocycles. The third kappa shape index (κ3) is 2.13. The highest BCUT2D eigenvalue weighted by Crippen LogP contribution is 2.32. The van der Waals surface area contributed by atoms with Crippen LogP contribution in [0.4, 0.5) is 0 Å². The first-order chi connectivity index (χ1) is 10.1. The van der Waals surface area contributed by atoms with Crippen molar-refractivity contribution >= 4 is 16.3 Å². The summed E-state index contributed by atoms with van der Waals surface area (Å²) in [5, 5.41) is 0. The van der Waals surface area contributed by atoms with Gasteiger partial charge < -0.3 is 10.5 Å². The van der Waals surface area contributed by atoms with Gasteiger partial charge in [-0.3, -0.25) is 4.40 Å². The van der Waals surface area contributed by atoms with E-state index in [-0.39, 0.29) is 0 Å². The number of fused-ring (bicyclic) bond motifs is 1. The van der Waals surface area contributed by atoms with Crippen LogP contribution in [-0.2, 0) is 6.54 Å². The van der Waals surface area contributed by atoms with Crippen molar-refractivity contribution in [3.63, 3.8) is 0 Å². The molecule has 0 aliphatic rings. The molecule has 0 bridgehead atoms. The number of rotatable bonds is 3. The molecule has 2 heterocycles. The SMILES string of the molecule is COc1ccc(-c2nc3sc(C)c(C)n3c2CN)cc1C. The standard InChI is InChI=1S/C16H19N3OS/c1-9-7-12(5-6-14(9)20-4)15-13(8-17)19-10(2)11(3)21-16(19)18-15/h5-7H,8,17H2,1-4H3. The summed E-state index contributed by atoms with van der Waals surface area (Å²) in [6.45, 7) is 6.74. The van der Waals surface area contributed by atoms with Gasteiger partial charge in [0.15, 0.2) is 4.96 Å². The lowest BCUT2D eigenvalue weighted by Crippen LogP contribution is -2.03. The second kappa shape index (κ2) is 5.16. The van der Waals surface area contributed by atoms with Gasteiger partial charge in [0.1, 0.15) is 5.75 Å². The molecule has 0 aliphatic heterocycles. The average Bonchev–Trinajstić information content (AvgIpc) is 2.96. The van der Waals surface area contributed by atoms with Crippen molar-refractivity contribution in [1.82, 2.24) is 9.38 Å². The van der Waals surface area contributed by atoms with Crippen LogP contribution in [0.15, 0.2) is 18.2 Å². The molecule has 0 aliphatic carbocycles. The van der Waals surface area contributed by atoms with Crippen molar-refractivity contribution < 1.29 is 4.74 Å². The molecule has 0 saturated heterocycles. The molecule has 0 fully saturated rings. The molecule has 4 nitrogen and oxygen atoms in total. The molecule has 2 aromatic heterocycles. The third-order valence-electron chi connectivity index (χ3n) is 3.89. The van der Waals surface area contributed by atoms with E-state index in [4.69, 9.17) is 15.5 Å². The van der Waals surface area contributed by atoms with Crippen LogP contribution in [0, 0.1) is 20.8 Å². The summed E-state index contributed by atoms with van der Waals surface area (Å²) >= 11 is 1.71. The summed E-state index contributed by atoms with van der Waals surface area (Å²) in [7, 11) is 1.69. The Balaban J connectivity index is 2.22. The van der Waals surface area contributed by atoms with E-state index in [1.807, 2.05) is 19.1 Å². The highest BCUT2D eigenvalue weighted by atomic mass is 32.1. The van der Waals surface area contributed by atoms with Crippen LogP contribution < -0.4 is 10.5 Å². The highest BCUT2D eigenvalue weighted by Gasteiger charge is 2.17. The van der Waals surface area contributed by atoms with Gasteiger partial charge in [-0.15, -0.1) is 11.3 Å². The number of hydrogen-bond donors (Lipinski definition) is 1. The van der Waals surface area contributed by atoms with Gasteiger partial charge >= 0.3 is 0 Å². The molecule has 3 rings (SSSR count). The fraction of sp³-hybridized carbons (Fsp3) is 0.312. The predicted molar refractivity (Wildman–Crippen MR) is 87.2 cm³/mol. The highest BCUT2D eigenvalue weighted by molar-refractivity contribution is 7.17. The molecule has 5 heteroatoms. The number of methoxy groups -OCH3 is 1. The first kappa shape index (κ1) is 14.1. The summed E-state index contributed by atoms with van der Waals surface area (Å²) in [5.41, 5.74) is 11.4. The van der Waals surface area contributed by atoms with Crippen LogP contribution in [-0.4, -0.2) is 16.5 Å². The minimum absolute atomic E-state index is 0.471. The zero-order valence-electron chi connectivity index (χ0n) is 12.7. The van der Waals surface area contributed by atoms with Crippen LogP contribution in [0.25, 0.3) is 16.2 Å². The maximum atomic E-state index is 5.99. The van der Waals surface area contributed by atoms with E-state index in [1.165, 1.54) is 10.6 Å². The lowest BCUT2D eigenvalue weighted by atomic mass is 10.1. The zero-order chi connectivity index (χ0) is 15.1. The number of imidazole rings is 1. The second-order valence-electron chi connectivity index (χ2n) is 5.16. The molecular formula is C16H19N3OS. The van der Waals surface area contributed by atoms with Gasteiger partial charge in [-0.05, 0) is 44.5 Å². The smallest absolute Gasteiger partial charge is 0.194 e. The second-order valence-corrected chi connectivity index (χ2v) is 6.34. The first-order valence-electron chi connectivity index (χ1n) is 6.89. The van der Waals surface area contributed by atoms with E-state index in [2.05, 4.69) is 24.3 Å². The number of thiazole rings is 1. The Bertz CT molecular complexity index is 817. The molecule has 0 spiro atoms. The first-order valence-corrected chi connectivity index (χ1v) is 7.70. The van der Waals surface area contributed by atoms with Crippen molar-refractivity contribution in [2.24, 2.45) is 5.73 Å². The summed E-state index contributed by atoms with van der Waals surface area (Å²) in [5.74, 6) is 0.890. The molecule has 0 amide bonds. The van der Waals surface area contributed by atoms with Crippen molar-refractivity contribution in [2.75, 3.05) is 7.11 Å². The molecule has 0 radical (unpaired) electrons. The Morgan fingerprint density at radius 3 is 2.67 bits per heavy atom. The van der Waals surface area contributed by atoms with Gasteiger partial charge in [0, 0.05) is 22.7 Å². The summed E-state index contributed by atoms with van der Waals surface area (Å²) in [6.07, 6.45) is 0. The van der Waals surface area contributed by atoms with E-state index in [1.54, 1.807) is 18.4 Å². The van der Waals surface area contributed by atoms with Gasteiger partial charge in [-0.2, -0.15) is 0 Å². The number of hydrogen-bond acceptors (Lipinski definition) is 4. The minimum atomic E-state index is 0.471. The third-order valence-corrected chi connectivity index (χ3v) is 4.95. The van der Waals surface area contributed by atoms with E-state index >= 15 is 0 Å². The Hall–Kier alpha value is -1.85. The lowest BCUT2D eigenvalue weighted by Gasteiger charge is -2.08. The normalized spacial score (nSPS) is 11.3. The van der Waals surface area contributed by atoms with Crippen LogP contribution in [0.5, 0.6) is 5.75 Å². The lowest BCUT2D eigenvalue weighted by molar-refractivity contribution is 0.412. The van der Waals surface area contributed by atoms with Gasteiger partial charge in [0.2, 0.25) is 0 Å². The van der Waals surface area contributed by atoms with E-state index in [9.17, 15) is 0 Å². The van der Waals surface area contributed by atoms with Crippen molar-refractivity contribution in [3.8, 4) is 17.0 Å². The maximum absolute atomic E-state index is 5.99. The molecular weight excluding hydrogens is 282 g/mol. The van der Waals surface area contributed by atoms with Crippen LogP contribution in [0.2, 0.25) is 0 Å². The molecule has 0 unspecified atom stereocenters. The summed E-state index contributed by atoms with van der Waals surface area (Å²) in [4.78, 5) is 7.08. The monoisotopic (exact) mass is 301 g/mol. The van der Waals surface area contributed by atoms with Crippen LogP contribution in [0.3, 0.4) is 0 Å². The van der Waals surface area contributed by atoms with E-state index in [0.717, 1.165) is 33.2 Å². The Morgan fingerprint density at radius 2 is 2.05 bits per heavy atom. The number of nitrogens with two attached hydrogens (primary N) is 1. The Kier molecular flexibility index (Phi) is 3.47. The molecule has 0 saturated carbocycles. The number of aromatic nitrogens is 2. The fourth-order valence-electron chi connectivity index (χ4n) is 2.66. The van der Waals surface area contributed by atoms with Gasteiger partial charge in [0.25, 0.3) is 0 Å². The van der Waals surface area contributed by atoms with Crippen LogP contribution >= 0.6 is 11.3 Å². The molecule has 0 atom stereocenters. The Labute approximate surface area is 128 Å². The average molecular weight is 301 g/mol. The van der Waals surface area contributed by atoms with Gasteiger partial charge in [0.05, 0.1) is 18.5 Å². The number of nitrogens with zero attached hydrogens (tertiary/aromatic N) is 2. The fourth-order valence-corrected chi connectivity index (χ4v) is 3.65. The van der Waals surface area contributed by atoms with Gasteiger partial charge in [-0.25, -0.2) is 4.98 Å². The maximum Gasteiger partial charge on any atom is 0.194 e. The summed E-state index contributed by atoms with van der Waals surface area (Å²) < 4.78 is 7.50. The summed E-state index contributed by atoms with van der Waals surface area (Å²) in [6, 6.07) is 6.13. The Morgan fingerprint density at radius 1 is 1.29 bits per heavy atom. The number of ether oxygens (including phenoxy) is 1. The van der Waals surface area contributed by atoms with E-state index in [0.29, 0.717) is 6.54 Å². The minimum Gasteiger partial charge on any atom is -0.496 e. The largest absolute Gasteiger partial charge is 0.496 e. The quantitative estimate of drug-likeness (QED) is 0.806. The predicted octanol–water partition coefficient (Wildman–Crippen LogP) is 3.46. The number of aryl methyl sites for hydroxylation is 3. The van der Waals surface area contributed by atoms with Crippen LogP contribution in [0.1, 0.15) is 21.8 Å². The van der Waals surface area contributed by atoms with Crippen molar-refractivity contribution in [1.29, 1.82) is 0 Å². The van der Waals surface area contributed by atoms with Crippen molar-refractivity contribution in [3.05, 3.63) is 40.0 Å². The van der Waals surface area contributed by atoms with Gasteiger partial charge in [-0.1, -0.05) is 0 Å². The molecule has 110 valence electrons. The van der Waals surface area contributed by atoms with E-state index < -0.39 is 0 Å². The topological polar surface area (TPSA) is 52.5 Å². The van der Waals surface area contributed by atoms with Crippen molar-refractivity contribution in [2.45, 2.75) is 27.3 Å². The molecule has 2 N–H and O–H groups in total. The molecule has 21 heavy (non-hydrogen) atoms. The molecule has 3 aromatic rings. The zero-order valence-corrected chi connectivity index (χ0v) is 13.5. The number of benzene rings is 1.